The van der Waals surface area contributed by atoms with Gasteiger partial charge in [0.1, 0.15) is 5.75 Å². The maximum Gasteiger partial charge on any atom is 0.387 e. The summed E-state index contributed by atoms with van der Waals surface area (Å²) in [5, 5.41) is 4.76. The summed E-state index contributed by atoms with van der Waals surface area (Å²) in [5.74, 6) is 0.0137. The number of rotatable bonds is 4. The number of aromatic nitrogens is 5. The van der Waals surface area contributed by atoms with Crippen LogP contribution in [0.5, 0.6) is 5.75 Å². The smallest absolute Gasteiger partial charge is 0.387 e. The van der Waals surface area contributed by atoms with Gasteiger partial charge in [0.05, 0.1) is 30.6 Å². The van der Waals surface area contributed by atoms with Crippen LogP contribution in [-0.2, 0) is 4.74 Å². The Bertz CT molecular complexity index is 1550. The van der Waals surface area contributed by atoms with E-state index in [9.17, 15) is 13.6 Å². The van der Waals surface area contributed by atoms with Gasteiger partial charge in [0.2, 0.25) is 5.95 Å². The van der Waals surface area contributed by atoms with Gasteiger partial charge in [0, 0.05) is 66.9 Å². The predicted molar refractivity (Wildman–Crippen MR) is 131 cm³/mol. The fourth-order valence-electron chi connectivity index (χ4n) is 5.76. The molecule has 194 valence electrons. The maximum atomic E-state index is 13.3. The molecule has 0 spiro atoms. The first-order chi connectivity index (χ1) is 18.5. The van der Waals surface area contributed by atoms with Crippen molar-refractivity contribution in [3.8, 4) is 17.0 Å². The Kier molecular flexibility index (Phi) is 5.25. The molecule has 1 aliphatic carbocycles. The maximum absolute atomic E-state index is 13.3. The van der Waals surface area contributed by atoms with Crippen LogP contribution in [0.25, 0.3) is 16.9 Å². The van der Waals surface area contributed by atoms with E-state index in [0.29, 0.717) is 53.7 Å². The quantitative estimate of drug-likeness (QED) is 0.405. The van der Waals surface area contributed by atoms with E-state index in [1.54, 1.807) is 41.0 Å². The molecule has 0 N–H and O–H groups in total. The van der Waals surface area contributed by atoms with Crippen LogP contribution in [-0.4, -0.2) is 75.3 Å². The highest BCUT2D eigenvalue weighted by Crippen LogP contribution is 2.53. The topological polar surface area (TPSA) is 98.0 Å². The zero-order chi connectivity index (χ0) is 26.0. The Morgan fingerprint density at radius 3 is 2.66 bits per heavy atom. The first-order valence-corrected chi connectivity index (χ1v) is 12.4. The van der Waals surface area contributed by atoms with Gasteiger partial charge < -0.3 is 19.3 Å². The Morgan fingerprint density at radius 1 is 1.11 bits per heavy atom. The number of carbonyl (C=O) groups excluding carboxylic acids is 1. The van der Waals surface area contributed by atoms with Gasteiger partial charge in [-0.25, -0.2) is 19.5 Å². The third kappa shape index (κ3) is 3.51. The van der Waals surface area contributed by atoms with Crippen LogP contribution in [0.15, 0.2) is 42.9 Å². The van der Waals surface area contributed by atoms with E-state index in [0.717, 1.165) is 24.2 Å². The number of amides is 1. The molecule has 1 amide bonds. The van der Waals surface area contributed by atoms with Crippen LogP contribution in [0.3, 0.4) is 0 Å². The molecule has 3 aromatic heterocycles. The van der Waals surface area contributed by atoms with Crippen molar-refractivity contribution < 1.29 is 23.0 Å². The van der Waals surface area contributed by atoms with E-state index < -0.39 is 6.61 Å². The normalized spacial score (nSPS) is 20.6. The minimum Gasteiger partial charge on any atom is -0.434 e. The molecule has 2 aliphatic heterocycles. The van der Waals surface area contributed by atoms with Crippen molar-refractivity contribution in [2.75, 3.05) is 38.3 Å². The first-order valence-electron chi connectivity index (χ1n) is 12.4. The largest absolute Gasteiger partial charge is 0.434 e. The van der Waals surface area contributed by atoms with Gasteiger partial charge in [0.25, 0.3) is 5.91 Å². The van der Waals surface area contributed by atoms with Crippen LogP contribution < -0.4 is 9.64 Å². The monoisotopic (exact) mass is 519 g/mol. The molecule has 38 heavy (non-hydrogen) atoms. The third-order valence-electron chi connectivity index (χ3n) is 7.55. The van der Waals surface area contributed by atoms with Crippen LogP contribution in [0.4, 0.5) is 14.7 Å². The molecular weight excluding hydrogens is 496 g/mol. The van der Waals surface area contributed by atoms with Gasteiger partial charge in [-0.3, -0.25) is 4.79 Å². The minimum absolute atomic E-state index is 0.000330. The summed E-state index contributed by atoms with van der Waals surface area (Å²) in [6.07, 6.45) is 5.80. The van der Waals surface area contributed by atoms with E-state index in [1.807, 2.05) is 12.3 Å². The van der Waals surface area contributed by atoms with Crippen molar-refractivity contribution in [2.45, 2.75) is 25.0 Å². The number of halogens is 2. The van der Waals surface area contributed by atoms with E-state index >= 15 is 0 Å². The zero-order valence-electron chi connectivity index (χ0n) is 20.4. The number of hydrogen-bond donors (Lipinski definition) is 0. The van der Waals surface area contributed by atoms with Gasteiger partial charge >= 0.3 is 6.61 Å². The lowest BCUT2D eigenvalue weighted by atomic mass is 9.89. The Balaban J connectivity index is 1.33. The number of alkyl halides is 2. The molecule has 10 nitrogen and oxygen atoms in total. The lowest BCUT2D eigenvalue weighted by molar-refractivity contribution is -0.0505. The number of morpholine rings is 1. The van der Waals surface area contributed by atoms with Crippen molar-refractivity contribution in [1.82, 2.24) is 29.5 Å². The van der Waals surface area contributed by atoms with Crippen LogP contribution in [0.2, 0.25) is 0 Å². The van der Waals surface area contributed by atoms with Gasteiger partial charge in [0.15, 0.2) is 5.65 Å². The van der Waals surface area contributed by atoms with E-state index in [4.69, 9.17) is 19.6 Å². The first kappa shape index (κ1) is 23.0. The lowest BCUT2D eigenvalue weighted by Crippen LogP contribution is -2.37. The van der Waals surface area contributed by atoms with E-state index in [2.05, 4.69) is 14.9 Å². The molecule has 1 fully saturated rings. The number of hydrogen-bond acceptors (Lipinski definition) is 8. The fourth-order valence-corrected chi connectivity index (χ4v) is 5.76. The SMILES string of the molecule is CN1C(=O)c2cccc(OC(F)F)c2C2CC1c1nn3ccc(-c4cnc(N5CCOCC5)nc4)nc3c12. The molecule has 4 aromatic rings. The van der Waals surface area contributed by atoms with Gasteiger partial charge in [-0.05, 0) is 24.6 Å². The van der Waals surface area contributed by atoms with Crippen molar-refractivity contribution in [2.24, 2.45) is 0 Å². The number of nitrogens with zero attached hydrogens (tertiary/aromatic N) is 7. The molecule has 5 heterocycles. The molecule has 7 rings (SSSR count). The molecule has 12 heteroatoms. The van der Waals surface area contributed by atoms with E-state index in [-0.39, 0.29) is 23.6 Å². The second kappa shape index (κ2) is 8.69. The summed E-state index contributed by atoms with van der Waals surface area (Å²) < 4.78 is 38.6. The molecule has 0 radical (unpaired) electrons. The molecule has 1 saturated heterocycles. The molecule has 2 atom stereocenters. The molecular formula is C26H23F2N7O3. The lowest BCUT2D eigenvalue weighted by Gasteiger charge is -2.26. The number of ether oxygens (including phenoxy) is 2. The van der Waals surface area contributed by atoms with Crippen LogP contribution >= 0.6 is 0 Å². The van der Waals surface area contributed by atoms with Crippen LogP contribution in [0, 0.1) is 0 Å². The van der Waals surface area contributed by atoms with E-state index in [1.165, 1.54) is 6.07 Å². The number of fused-ring (bicyclic) bond motifs is 9. The highest BCUT2D eigenvalue weighted by atomic mass is 19.3. The summed E-state index contributed by atoms with van der Waals surface area (Å²) in [4.78, 5) is 31.0. The second-order valence-electron chi connectivity index (χ2n) is 9.57. The second-order valence-corrected chi connectivity index (χ2v) is 9.57. The van der Waals surface area contributed by atoms with Crippen molar-refractivity contribution >= 4 is 17.5 Å². The average Bonchev–Trinajstić information content (AvgIpc) is 3.46. The Hall–Kier alpha value is -4.19. The average molecular weight is 520 g/mol. The predicted octanol–water partition coefficient (Wildman–Crippen LogP) is 3.29. The van der Waals surface area contributed by atoms with Crippen molar-refractivity contribution in [3.05, 3.63) is 65.2 Å². The van der Waals surface area contributed by atoms with Gasteiger partial charge in [-0.2, -0.15) is 13.9 Å². The fraction of sp³-hybridized carbons (Fsp3) is 0.346. The third-order valence-corrected chi connectivity index (χ3v) is 7.55. The number of benzene rings is 1. The van der Waals surface area contributed by atoms with Crippen molar-refractivity contribution in [1.29, 1.82) is 0 Å². The number of anilines is 1. The molecule has 1 aromatic carbocycles. The summed E-state index contributed by atoms with van der Waals surface area (Å²) >= 11 is 0. The highest BCUT2D eigenvalue weighted by molar-refractivity contribution is 5.98. The highest BCUT2D eigenvalue weighted by Gasteiger charge is 2.46. The standard InChI is InChI=1S/C26H23F2N7O3/c1-33-18-11-16(20-15(24(33)36)3-2-4-19(20)38-25(27)28)21-22(18)32-35-6-5-17(31-23(21)35)14-12-29-26(30-13-14)34-7-9-37-10-8-34/h2-6,12-13,16,18,25H,7-11H2,1H3. The van der Waals surface area contributed by atoms with Gasteiger partial charge in [-0.1, -0.05) is 6.07 Å². The molecule has 2 bridgehead atoms. The Morgan fingerprint density at radius 2 is 1.89 bits per heavy atom. The molecule has 0 saturated carbocycles. The summed E-state index contributed by atoms with van der Waals surface area (Å²) in [5.41, 5.74) is 4.34. The molecule has 3 aliphatic rings. The summed E-state index contributed by atoms with van der Waals surface area (Å²) in [6, 6.07) is 6.23. The Labute approximate surface area is 215 Å². The minimum atomic E-state index is -3.01. The number of carbonyl (C=O) groups is 1. The van der Waals surface area contributed by atoms with Crippen molar-refractivity contribution in [3.63, 3.8) is 0 Å². The molecule has 2 unspecified atom stereocenters. The summed E-state index contributed by atoms with van der Waals surface area (Å²) in [6.45, 7) is -0.242. The van der Waals surface area contributed by atoms with Gasteiger partial charge in [-0.15, -0.1) is 0 Å². The van der Waals surface area contributed by atoms with Crippen LogP contribution in [0.1, 0.15) is 45.6 Å². The zero-order valence-corrected chi connectivity index (χ0v) is 20.4. The summed E-state index contributed by atoms with van der Waals surface area (Å²) in [7, 11) is 1.71.